The van der Waals surface area contributed by atoms with Crippen molar-refractivity contribution in [3.05, 3.63) is 0 Å². The fourth-order valence-electron chi connectivity index (χ4n) is 2.83. The van der Waals surface area contributed by atoms with Crippen molar-refractivity contribution in [3.8, 4) is 0 Å². The van der Waals surface area contributed by atoms with Crippen molar-refractivity contribution in [3.63, 3.8) is 0 Å². The van der Waals surface area contributed by atoms with E-state index in [0.29, 0.717) is 5.92 Å². The van der Waals surface area contributed by atoms with Crippen molar-refractivity contribution in [1.29, 1.82) is 0 Å². The maximum atomic E-state index is 5.65. The first-order valence-corrected chi connectivity index (χ1v) is 5.93. The van der Waals surface area contributed by atoms with E-state index in [1.165, 1.54) is 32.4 Å². The normalized spacial score (nSPS) is 34.9. The Morgan fingerprint density at radius 3 is 2.79 bits per heavy atom. The third-order valence-corrected chi connectivity index (χ3v) is 3.58. The molecule has 0 saturated carbocycles. The van der Waals surface area contributed by atoms with Gasteiger partial charge < -0.3 is 10.5 Å². The lowest BCUT2D eigenvalue weighted by molar-refractivity contribution is -0.00768. The van der Waals surface area contributed by atoms with Gasteiger partial charge in [0.1, 0.15) is 0 Å². The maximum absolute atomic E-state index is 5.65. The van der Waals surface area contributed by atoms with Crippen molar-refractivity contribution in [1.82, 2.24) is 4.90 Å². The fourth-order valence-corrected chi connectivity index (χ4v) is 2.83. The molecular weight excluding hydrogens is 176 g/mol. The molecule has 0 radical (unpaired) electrons. The Balaban J connectivity index is 1.91. The molecule has 2 saturated heterocycles. The third kappa shape index (κ3) is 2.27. The number of rotatable bonds is 3. The molecule has 0 bridgehead atoms. The minimum Gasteiger partial charge on any atom is -0.381 e. The van der Waals surface area contributed by atoms with Crippen molar-refractivity contribution in [2.75, 3.05) is 32.8 Å². The van der Waals surface area contributed by atoms with E-state index in [9.17, 15) is 0 Å². The molecule has 2 unspecified atom stereocenters. The highest BCUT2D eigenvalue weighted by molar-refractivity contribution is 4.84. The van der Waals surface area contributed by atoms with Gasteiger partial charge in [-0.05, 0) is 51.2 Å². The van der Waals surface area contributed by atoms with E-state index in [2.05, 4.69) is 4.90 Å². The summed E-state index contributed by atoms with van der Waals surface area (Å²) in [6, 6.07) is 0.759. The second-order valence-corrected chi connectivity index (χ2v) is 4.51. The highest BCUT2D eigenvalue weighted by atomic mass is 16.5. The summed E-state index contributed by atoms with van der Waals surface area (Å²) in [6.07, 6.45) is 5.10. The Kier molecular flexibility index (Phi) is 3.79. The standard InChI is InChI=1S/C11H22N2O/c12-5-3-10-9-14-8-4-11(10)13-6-1-2-7-13/h10-11H,1-9,12H2. The molecule has 2 atom stereocenters. The molecule has 0 spiro atoms. The van der Waals surface area contributed by atoms with Gasteiger partial charge in [-0.15, -0.1) is 0 Å². The van der Waals surface area contributed by atoms with Gasteiger partial charge in [0.15, 0.2) is 0 Å². The van der Waals surface area contributed by atoms with Crippen LogP contribution in [0.5, 0.6) is 0 Å². The van der Waals surface area contributed by atoms with Crippen LogP contribution >= 0.6 is 0 Å². The van der Waals surface area contributed by atoms with Crippen molar-refractivity contribution < 1.29 is 4.74 Å². The molecule has 2 rings (SSSR count). The molecule has 2 heterocycles. The summed E-state index contributed by atoms with van der Waals surface area (Å²) in [5.41, 5.74) is 5.65. The summed E-state index contributed by atoms with van der Waals surface area (Å²) in [6.45, 7) is 5.27. The minimum atomic E-state index is 0.687. The van der Waals surface area contributed by atoms with Gasteiger partial charge in [-0.25, -0.2) is 0 Å². The van der Waals surface area contributed by atoms with Crippen LogP contribution in [0.25, 0.3) is 0 Å². The van der Waals surface area contributed by atoms with Crippen LogP contribution < -0.4 is 5.73 Å². The van der Waals surface area contributed by atoms with Crippen LogP contribution in [0.1, 0.15) is 25.7 Å². The van der Waals surface area contributed by atoms with Crippen LogP contribution in [0.3, 0.4) is 0 Å². The van der Waals surface area contributed by atoms with Crippen molar-refractivity contribution in [2.45, 2.75) is 31.7 Å². The van der Waals surface area contributed by atoms with Gasteiger partial charge in [-0.2, -0.15) is 0 Å². The molecule has 2 aliphatic rings. The summed E-state index contributed by atoms with van der Waals surface area (Å²) >= 11 is 0. The molecule has 0 aromatic heterocycles. The van der Waals surface area contributed by atoms with E-state index in [4.69, 9.17) is 10.5 Å². The van der Waals surface area contributed by atoms with Crippen LogP contribution in [-0.2, 0) is 4.74 Å². The molecule has 3 heteroatoms. The van der Waals surface area contributed by atoms with Gasteiger partial charge >= 0.3 is 0 Å². The lowest BCUT2D eigenvalue weighted by Crippen LogP contribution is -2.45. The summed E-state index contributed by atoms with van der Waals surface area (Å²) < 4.78 is 5.54. The third-order valence-electron chi connectivity index (χ3n) is 3.58. The van der Waals surface area contributed by atoms with E-state index in [1.807, 2.05) is 0 Å². The van der Waals surface area contributed by atoms with Crippen molar-refractivity contribution >= 4 is 0 Å². The summed E-state index contributed by atoms with van der Waals surface area (Å²) in [5, 5.41) is 0. The van der Waals surface area contributed by atoms with E-state index >= 15 is 0 Å². The van der Waals surface area contributed by atoms with Gasteiger partial charge in [0.05, 0.1) is 6.61 Å². The van der Waals surface area contributed by atoms with E-state index in [-0.39, 0.29) is 0 Å². The highest BCUT2D eigenvalue weighted by Gasteiger charge is 2.31. The molecule has 2 N–H and O–H groups in total. The number of nitrogens with two attached hydrogens (primary N) is 1. The van der Waals surface area contributed by atoms with Crippen LogP contribution in [-0.4, -0.2) is 43.8 Å². The number of hydrogen-bond acceptors (Lipinski definition) is 3. The molecule has 82 valence electrons. The average Bonchev–Trinajstić information content (AvgIpc) is 2.72. The number of likely N-dealkylation sites (tertiary alicyclic amines) is 1. The van der Waals surface area contributed by atoms with Gasteiger partial charge in [0.25, 0.3) is 0 Å². The summed E-state index contributed by atoms with van der Waals surface area (Å²) in [7, 11) is 0. The SMILES string of the molecule is NCCC1COCCC1N1CCCC1. The molecule has 2 fully saturated rings. The topological polar surface area (TPSA) is 38.5 Å². The molecular formula is C11H22N2O. The molecule has 0 aliphatic carbocycles. The summed E-state index contributed by atoms with van der Waals surface area (Å²) in [5.74, 6) is 0.687. The Labute approximate surface area is 86.6 Å². The number of nitrogens with zero attached hydrogens (tertiary/aromatic N) is 1. The van der Waals surface area contributed by atoms with E-state index in [1.54, 1.807) is 0 Å². The quantitative estimate of drug-likeness (QED) is 0.730. The predicted octanol–water partition coefficient (Wildman–Crippen LogP) is 0.836. The first-order valence-electron chi connectivity index (χ1n) is 5.93. The van der Waals surface area contributed by atoms with Gasteiger partial charge in [0, 0.05) is 12.6 Å². The fraction of sp³-hybridized carbons (Fsp3) is 1.00. The largest absolute Gasteiger partial charge is 0.381 e. The first kappa shape index (κ1) is 10.4. The van der Waals surface area contributed by atoms with E-state index in [0.717, 1.165) is 32.2 Å². The zero-order chi connectivity index (χ0) is 9.80. The highest BCUT2D eigenvalue weighted by Crippen LogP contribution is 2.26. The molecule has 3 nitrogen and oxygen atoms in total. The molecule has 0 aromatic rings. The number of hydrogen-bond donors (Lipinski definition) is 1. The molecule has 0 amide bonds. The first-order chi connectivity index (χ1) is 6.92. The minimum absolute atomic E-state index is 0.687. The Bertz CT molecular complexity index is 167. The van der Waals surface area contributed by atoms with Gasteiger partial charge in [-0.1, -0.05) is 0 Å². The Hall–Kier alpha value is -0.120. The summed E-state index contributed by atoms with van der Waals surface area (Å²) in [4.78, 5) is 2.66. The second-order valence-electron chi connectivity index (χ2n) is 4.51. The van der Waals surface area contributed by atoms with Crippen LogP contribution in [0.2, 0.25) is 0 Å². The average molecular weight is 198 g/mol. The second kappa shape index (κ2) is 5.10. The maximum Gasteiger partial charge on any atom is 0.0509 e. The van der Waals surface area contributed by atoms with Crippen molar-refractivity contribution in [2.24, 2.45) is 11.7 Å². The van der Waals surface area contributed by atoms with Gasteiger partial charge in [-0.3, -0.25) is 4.90 Å². The lowest BCUT2D eigenvalue weighted by Gasteiger charge is -2.37. The van der Waals surface area contributed by atoms with Crippen LogP contribution in [0, 0.1) is 5.92 Å². The number of ether oxygens (including phenoxy) is 1. The Morgan fingerprint density at radius 2 is 2.07 bits per heavy atom. The molecule has 0 aromatic carbocycles. The van der Waals surface area contributed by atoms with Crippen LogP contribution in [0.4, 0.5) is 0 Å². The Morgan fingerprint density at radius 1 is 1.29 bits per heavy atom. The molecule has 14 heavy (non-hydrogen) atoms. The van der Waals surface area contributed by atoms with Gasteiger partial charge in [0.2, 0.25) is 0 Å². The predicted molar refractivity (Wildman–Crippen MR) is 57.2 cm³/mol. The lowest BCUT2D eigenvalue weighted by atomic mass is 9.91. The van der Waals surface area contributed by atoms with Crippen LogP contribution in [0.15, 0.2) is 0 Å². The zero-order valence-electron chi connectivity index (χ0n) is 8.95. The zero-order valence-corrected chi connectivity index (χ0v) is 8.95. The monoisotopic (exact) mass is 198 g/mol. The molecule has 2 aliphatic heterocycles. The van der Waals surface area contributed by atoms with E-state index < -0.39 is 0 Å². The smallest absolute Gasteiger partial charge is 0.0509 e.